The highest BCUT2D eigenvalue weighted by molar-refractivity contribution is 7.99. The number of thiophene rings is 1. The number of rotatable bonds is 6. The molecule has 1 aliphatic rings. The lowest BCUT2D eigenvalue weighted by Gasteiger charge is -2.31. The van der Waals surface area contributed by atoms with E-state index in [4.69, 9.17) is 15.0 Å². The molecule has 0 atom stereocenters. The van der Waals surface area contributed by atoms with Crippen LogP contribution in [0.1, 0.15) is 0 Å². The van der Waals surface area contributed by atoms with E-state index in [0.29, 0.717) is 17.7 Å². The molecule has 0 unspecified atom stereocenters. The van der Waals surface area contributed by atoms with E-state index in [1.807, 2.05) is 29.5 Å². The normalized spacial score (nSPS) is 12.4. The average Bonchev–Trinajstić information content (AvgIpc) is 4.10. The van der Waals surface area contributed by atoms with E-state index in [2.05, 4.69) is 226 Å². The van der Waals surface area contributed by atoms with Crippen LogP contribution >= 0.6 is 23.1 Å². The number of aromatic nitrogens is 5. The molecule has 15 rings (SSSR count). The predicted octanol–water partition coefficient (Wildman–Crippen LogP) is 17.4. The van der Waals surface area contributed by atoms with Crippen molar-refractivity contribution >= 4 is 104 Å². The first-order valence-electron chi connectivity index (χ1n) is 23.8. The van der Waals surface area contributed by atoms with Crippen molar-refractivity contribution in [2.75, 3.05) is 4.90 Å². The molecule has 0 amide bonds. The Balaban J connectivity index is 0.980. The second-order valence-electron chi connectivity index (χ2n) is 18.0. The van der Waals surface area contributed by atoms with Gasteiger partial charge in [-0.1, -0.05) is 169 Å². The lowest BCUT2D eigenvalue weighted by atomic mass is 10.00. The van der Waals surface area contributed by atoms with Crippen LogP contribution in [0.15, 0.2) is 240 Å². The van der Waals surface area contributed by atoms with E-state index in [-0.39, 0.29) is 0 Å². The van der Waals surface area contributed by atoms with Gasteiger partial charge in [-0.05, 0) is 95.1 Å². The summed E-state index contributed by atoms with van der Waals surface area (Å²) in [6.45, 7) is 0. The molecular weight excluding hydrogens is 905 g/mol. The van der Waals surface area contributed by atoms with Gasteiger partial charge in [-0.25, -0.2) is 0 Å². The van der Waals surface area contributed by atoms with Crippen LogP contribution in [-0.2, 0) is 0 Å². The molecule has 0 bridgehead atoms. The smallest absolute Gasteiger partial charge is 0.240 e. The Morgan fingerprint density at radius 2 is 0.831 bits per heavy atom. The fourth-order valence-corrected chi connectivity index (χ4v) is 12.9. The van der Waals surface area contributed by atoms with E-state index < -0.39 is 0 Å². The van der Waals surface area contributed by atoms with Crippen molar-refractivity contribution in [3.63, 3.8) is 0 Å². The monoisotopic (exact) mass is 942 g/mol. The minimum absolute atomic E-state index is 0.540. The third-order valence-corrected chi connectivity index (χ3v) is 16.2. The molecule has 0 saturated carbocycles. The van der Waals surface area contributed by atoms with Gasteiger partial charge in [-0.3, -0.25) is 9.47 Å². The van der Waals surface area contributed by atoms with Crippen LogP contribution in [0.25, 0.3) is 109 Å². The standard InChI is InChI=1S/C63H38N6S2/c1-3-16-39(17-4-1)42-30-34-55-49(37-42)50-38-43(31-35-56(50)70-55)41-20-15-21-44(36-41)67-51-24-9-7-22-45(51)47-32-33-48-46-23-8-10-25-52(46)69(60(48)59(47)67)63-65-61(40-18-5-2-6-19-40)64-62(66-63)68-53-26-11-13-28-57(53)71-58-29-14-12-27-54(58)68/h1-38H. The van der Waals surface area contributed by atoms with Crippen molar-refractivity contribution < 1.29 is 0 Å². The van der Waals surface area contributed by atoms with Gasteiger partial charge < -0.3 is 4.57 Å². The van der Waals surface area contributed by atoms with Gasteiger partial charge in [0.25, 0.3) is 0 Å². The van der Waals surface area contributed by atoms with E-state index >= 15 is 0 Å². The molecule has 0 aliphatic carbocycles. The van der Waals surface area contributed by atoms with E-state index in [1.54, 1.807) is 11.8 Å². The summed E-state index contributed by atoms with van der Waals surface area (Å²) in [5.41, 5.74) is 13.1. The second-order valence-corrected chi connectivity index (χ2v) is 20.2. The molecule has 6 nitrogen and oxygen atoms in total. The molecular formula is C63H38N6S2. The molecule has 0 fully saturated rings. The molecule has 8 heteroatoms. The fourth-order valence-electron chi connectivity index (χ4n) is 10.8. The van der Waals surface area contributed by atoms with Gasteiger partial charge >= 0.3 is 0 Å². The third-order valence-electron chi connectivity index (χ3n) is 14.0. The van der Waals surface area contributed by atoms with Gasteiger partial charge in [-0.2, -0.15) is 15.0 Å². The van der Waals surface area contributed by atoms with Crippen molar-refractivity contribution in [1.29, 1.82) is 0 Å². The van der Waals surface area contributed by atoms with Crippen LogP contribution in [0.3, 0.4) is 0 Å². The number of benzene rings is 10. The van der Waals surface area contributed by atoms with Crippen molar-refractivity contribution in [3.8, 4) is 45.3 Å². The summed E-state index contributed by atoms with van der Waals surface area (Å²) in [5.74, 6) is 1.68. The van der Waals surface area contributed by atoms with Gasteiger partial charge in [-0.15, -0.1) is 11.3 Å². The van der Waals surface area contributed by atoms with Crippen LogP contribution in [0.2, 0.25) is 0 Å². The Kier molecular flexibility index (Phi) is 8.96. The van der Waals surface area contributed by atoms with Crippen LogP contribution in [0.5, 0.6) is 0 Å². The van der Waals surface area contributed by atoms with Crippen LogP contribution in [0.4, 0.5) is 17.3 Å². The molecule has 5 heterocycles. The number of anilines is 3. The second kappa shape index (κ2) is 15.9. The maximum Gasteiger partial charge on any atom is 0.240 e. The topological polar surface area (TPSA) is 51.8 Å². The molecule has 1 aliphatic heterocycles. The zero-order valence-electron chi connectivity index (χ0n) is 37.9. The van der Waals surface area contributed by atoms with Crippen molar-refractivity contribution in [2.45, 2.75) is 9.79 Å². The third kappa shape index (κ3) is 6.32. The van der Waals surface area contributed by atoms with Gasteiger partial charge in [0, 0.05) is 62.8 Å². The molecule has 71 heavy (non-hydrogen) atoms. The van der Waals surface area contributed by atoms with Crippen LogP contribution in [-0.4, -0.2) is 24.1 Å². The molecule has 0 saturated heterocycles. The Morgan fingerprint density at radius 1 is 0.324 bits per heavy atom. The van der Waals surface area contributed by atoms with E-state index in [1.165, 1.54) is 42.2 Å². The predicted molar refractivity (Wildman–Crippen MR) is 297 cm³/mol. The van der Waals surface area contributed by atoms with Gasteiger partial charge in [0.05, 0.1) is 33.4 Å². The minimum Gasteiger partial charge on any atom is -0.307 e. The number of hydrogen-bond donors (Lipinski definition) is 0. The zero-order valence-corrected chi connectivity index (χ0v) is 39.6. The van der Waals surface area contributed by atoms with E-state index in [9.17, 15) is 0 Å². The largest absolute Gasteiger partial charge is 0.307 e. The van der Waals surface area contributed by atoms with Crippen molar-refractivity contribution in [1.82, 2.24) is 24.1 Å². The molecule has 0 spiro atoms. The van der Waals surface area contributed by atoms with Crippen LogP contribution < -0.4 is 4.90 Å². The molecule has 14 aromatic rings. The average molecular weight is 943 g/mol. The Hall–Kier alpha value is -8.82. The minimum atomic E-state index is 0.540. The highest BCUT2D eigenvalue weighted by Gasteiger charge is 2.29. The van der Waals surface area contributed by atoms with Gasteiger partial charge in [0.15, 0.2) is 5.82 Å². The van der Waals surface area contributed by atoms with Gasteiger partial charge in [0.2, 0.25) is 11.9 Å². The summed E-state index contributed by atoms with van der Waals surface area (Å²) in [6, 6.07) is 82.8. The summed E-state index contributed by atoms with van der Waals surface area (Å²) in [7, 11) is 0. The molecule has 4 aromatic heterocycles. The molecule has 332 valence electrons. The SMILES string of the molecule is c1ccc(-c2ccc3sc4ccc(-c5cccc(-n6c7ccccc7c7ccc8c9ccccc9n(-c9nc(-c%10ccccc%10)nc(N%10c%11ccccc%11Sc%11ccccc%11%10)n9)c8c76)c5)cc4c3c2)cc1. The Morgan fingerprint density at radius 3 is 1.49 bits per heavy atom. The molecule has 10 aromatic carbocycles. The van der Waals surface area contributed by atoms with Crippen molar-refractivity contribution in [3.05, 3.63) is 231 Å². The summed E-state index contributed by atoms with van der Waals surface area (Å²) in [4.78, 5) is 20.8. The first-order chi connectivity index (χ1) is 35.2. The summed E-state index contributed by atoms with van der Waals surface area (Å²) in [6.07, 6.45) is 0. The summed E-state index contributed by atoms with van der Waals surface area (Å²) < 4.78 is 7.30. The zero-order chi connectivity index (χ0) is 46.6. The first kappa shape index (κ1) is 40.1. The van der Waals surface area contributed by atoms with E-state index in [0.717, 1.165) is 76.2 Å². The highest BCUT2D eigenvalue weighted by atomic mass is 32.2. The summed E-state index contributed by atoms with van der Waals surface area (Å²) >= 11 is 3.62. The van der Waals surface area contributed by atoms with Gasteiger partial charge in [0.1, 0.15) is 0 Å². The quantitative estimate of drug-likeness (QED) is 0.166. The highest BCUT2D eigenvalue weighted by Crippen LogP contribution is 2.51. The maximum atomic E-state index is 5.55. The number of para-hydroxylation sites is 4. The van der Waals surface area contributed by atoms with Crippen LogP contribution in [0, 0.1) is 0 Å². The fraction of sp³-hybridized carbons (Fsp3) is 0. The number of hydrogen-bond acceptors (Lipinski definition) is 6. The molecule has 0 radical (unpaired) electrons. The Labute approximate surface area is 416 Å². The number of fused-ring (bicyclic) bond motifs is 12. The summed E-state index contributed by atoms with van der Waals surface area (Å²) in [5, 5.41) is 7.12. The number of nitrogens with zero attached hydrogens (tertiary/aromatic N) is 6. The molecule has 0 N–H and O–H groups in total. The van der Waals surface area contributed by atoms with Crippen molar-refractivity contribution in [2.24, 2.45) is 0 Å². The maximum absolute atomic E-state index is 5.55. The first-order valence-corrected chi connectivity index (χ1v) is 25.4. The lowest BCUT2D eigenvalue weighted by molar-refractivity contribution is 0.926. The lowest BCUT2D eigenvalue weighted by Crippen LogP contribution is -2.19. The Bertz CT molecular complexity index is 4410.